The Kier molecular flexibility index (Phi) is 3.53. The smallest absolute Gasteiger partial charge is 0.227 e. The summed E-state index contributed by atoms with van der Waals surface area (Å²) in [4.78, 5) is 14.4. The van der Waals surface area contributed by atoms with E-state index in [1.165, 1.54) is 12.1 Å². The summed E-state index contributed by atoms with van der Waals surface area (Å²) in [6.45, 7) is 1.25. The Labute approximate surface area is 117 Å². The van der Waals surface area contributed by atoms with Gasteiger partial charge in [-0.05, 0) is 37.0 Å². The van der Waals surface area contributed by atoms with Gasteiger partial charge in [0.05, 0.1) is 25.2 Å². The van der Waals surface area contributed by atoms with Gasteiger partial charge in [-0.25, -0.2) is 0 Å². The van der Waals surface area contributed by atoms with Crippen LogP contribution in [0.25, 0.3) is 0 Å². The standard InChI is InChI=1S/C15H19NO4/c17-12-5-4-10(8-13(12)18)9-15(19)16-6-7-20-14-3-1-2-11(14)16/h4-5,8,11,14,17-18H,1-3,6-7,9H2/t11-,14+/m0/s1. The second kappa shape index (κ2) is 5.32. The molecule has 1 aromatic rings. The predicted octanol–water partition coefficient (Wildman–Crippen LogP) is 1.42. The average molecular weight is 277 g/mol. The summed E-state index contributed by atoms with van der Waals surface area (Å²) in [6.07, 6.45) is 3.60. The van der Waals surface area contributed by atoms with Crippen molar-refractivity contribution < 1.29 is 19.7 Å². The molecule has 2 atom stereocenters. The van der Waals surface area contributed by atoms with E-state index in [1.54, 1.807) is 6.07 Å². The third-order valence-electron chi connectivity index (χ3n) is 4.20. The number of ether oxygens (including phenoxy) is 1. The lowest BCUT2D eigenvalue weighted by atomic mass is 10.1. The molecule has 1 heterocycles. The third-order valence-corrected chi connectivity index (χ3v) is 4.20. The fourth-order valence-corrected chi connectivity index (χ4v) is 3.19. The number of carbonyl (C=O) groups excluding carboxylic acids is 1. The minimum atomic E-state index is -0.184. The summed E-state index contributed by atoms with van der Waals surface area (Å²) >= 11 is 0. The lowest BCUT2D eigenvalue weighted by Crippen LogP contribution is -2.51. The number of carbonyl (C=O) groups is 1. The van der Waals surface area contributed by atoms with Gasteiger partial charge in [0.2, 0.25) is 5.91 Å². The molecule has 5 heteroatoms. The summed E-state index contributed by atoms with van der Waals surface area (Å²) in [5.41, 5.74) is 0.714. The maximum atomic E-state index is 12.4. The first-order chi connectivity index (χ1) is 9.65. The number of phenols is 2. The van der Waals surface area contributed by atoms with Crippen LogP contribution in [-0.2, 0) is 16.0 Å². The van der Waals surface area contributed by atoms with E-state index in [1.807, 2.05) is 4.90 Å². The maximum Gasteiger partial charge on any atom is 0.227 e. The Morgan fingerprint density at radius 3 is 2.95 bits per heavy atom. The molecule has 1 amide bonds. The first-order valence-electron chi connectivity index (χ1n) is 7.07. The van der Waals surface area contributed by atoms with Gasteiger partial charge in [-0.1, -0.05) is 6.07 Å². The highest BCUT2D eigenvalue weighted by Crippen LogP contribution is 2.30. The van der Waals surface area contributed by atoms with E-state index >= 15 is 0 Å². The summed E-state index contributed by atoms with van der Waals surface area (Å²) in [7, 11) is 0. The van der Waals surface area contributed by atoms with Gasteiger partial charge in [0.25, 0.3) is 0 Å². The lowest BCUT2D eigenvalue weighted by molar-refractivity contribution is -0.143. The molecule has 2 aliphatic rings. The van der Waals surface area contributed by atoms with Crippen LogP contribution in [0.4, 0.5) is 0 Å². The molecule has 1 saturated heterocycles. The minimum Gasteiger partial charge on any atom is -0.504 e. The van der Waals surface area contributed by atoms with E-state index in [9.17, 15) is 15.0 Å². The zero-order valence-electron chi connectivity index (χ0n) is 11.3. The number of aromatic hydroxyl groups is 2. The van der Waals surface area contributed by atoms with Crippen LogP contribution in [0.5, 0.6) is 11.5 Å². The molecule has 0 bridgehead atoms. The van der Waals surface area contributed by atoms with Crippen molar-refractivity contribution >= 4 is 5.91 Å². The summed E-state index contributed by atoms with van der Waals surface area (Å²) in [5.74, 6) is -0.283. The van der Waals surface area contributed by atoms with Gasteiger partial charge in [0.15, 0.2) is 11.5 Å². The van der Waals surface area contributed by atoms with Gasteiger partial charge in [0.1, 0.15) is 0 Å². The van der Waals surface area contributed by atoms with Crippen molar-refractivity contribution in [1.82, 2.24) is 4.90 Å². The fraction of sp³-hybridized carbons (Fsp3) is 0.533. The van der Waals surface area contributed by atoms with Gasteiger partial charge < -0.3 is 19.8 Å². The van der Waals surface area contributed by atoms with Crippen LogP contribution in [-0.4, -0.2) is 46.3 Å². The molecular formula is C15H19NO4. The average Bonchev–Trinajstić information content (AvgIpc) is 2.91. The number of phenolic OH excluding ortho intramolecular Hbond substituents is 2. The van der Waals surface area contributed by atoms with Crippen LogP contribution in [0.1, 0.15) is 24.8 Å². The first-order valence-corrected chi connectivity index (χ1v) is 7.07. The largest absolute Gasteiger partial charge is 0.504 e. The van der Waals surface area contributed by atoms with Crippen LogP contribution in [0.15, 0.2) is 18.2 Å². The zero-order valence-corrected chi connectivity index (χ0v) is 11.3. The molecule has 0 unspecified atom stereocenters. The van der Waals surface area contributed by atoms with Gasteiger partial charge in [-0.3, -0.25) is 4.79 Å². The number of nitrogens with zero attached hydrogens (tertiary/aromatic N) is 1. The SMILES string of the molecule is O=C(Cc1ccc(O)c(O)c1)N1CCO[C@@H]2CCC[C@@H]21. The molecule has 20 heavy (non-hydrogen) atoms. The summed E-state index contributed by atoms with van der Waals surface area (Å²) in [5, 5.41) is 18.8. The van der Waals surface area contributed by atoms with Gasteiger partial charge in [-0.15, -0.1) is 0 Å². The second-order valence-corrected chi connectivity index (χ2v) is 5.49. The predicted molar refractivity (Wildman–Crippen MR) is 72.6 cm³/mol. The van der Waals surface area contributed by atoms with E-state index in [-0.39, 0.29) is 36.0 Å². The minimum absolute atomic E-state index is 0.0651. The monoisotopic (exact) mass is 277 g/mol. The van der Waals surface area contributed by atoms with E-state index in [4.69, 9.17) is 4.74 Å². The van der Waals surface area contributed by atoms with Gasteiger partial charge in [0, 0.05) is 6.54 Å². The van der Waals surface area contributed by atoms with E-state index in [2.05, 4.69) is 0 Å². The normalized spacial score (nSPS) is 25.5. The van der Waals surface area contributed by atoms with Gasteiger partial charge >= 0.3 is 0 Å². The number of fused-ring (bicyclic) bond motifs is 1. The number of morpholine rings is 1. The molecule has 1 aliphatic carbocycles. The van der Waals surface area contributed by atoms with Crippen LogP contribution in [0, 0.1) is 0 Å². The molecule has 2 fully saturated rings. The molecule has 0 aromatic heterocycles. The van der Waals surface area contributed by atoms with Crippen molar-refractivity contribution in [3.05, 3.63) is 23.8 Å². The Morgan fingerprint density at radius 1 is 1.30 bits per heavy atom. The lowest BCUT2D eigenvalue weighted by Gasteiger charge is -2.37. The molecule has 108 valence electrons. The Morgan fingerprint density at radius 2 is 2.15 bits per heavy atom. The Balaban J connectivity index is 1.70. The van der Waals surface area contributed by atoms with Crippen molar-refractivity contribution in [2.75, 3.05) is 13.2 Å². The van der Waals surface area contributed by atoms with Crippen LogP contribution in [0.3, 0.4) is 0 Å². The number of rotatable bonds is 2. The highest BCUT2D eigenvalue weighted by atomic mass is 16.5. The molecule has 1 saturated carbocycles. The van der Waals surface area contributed by atoms with E-state index < -0.39 is 0 Å². The summed E-state index contributed by atoms with van der Waals surface area (Å²) in [6, 6.07) is 4.73. The number of amides is 1. The molecule has 1 aliphatic heterocycles. The van der Waals surface area contributed by atoms with E-state index in [0.717, 1.165) is 19.3 Å². The van der Waals surface area contributed by atoms with Gasteiger partial charge in [-0.2, -0.15) is 0 Å². The molecule has 3 rings (SSSR count). The number of hydrogen-bond donors (Lipinski definition) is 2. The zero-order chi connectivity index (χ0) is 14.1. The van der Waals surface area contributed by atoms with Crippen molar-refractivity contribution in [1.29, 1.82) is 0 Å². The number of hydrogen-bond acceptors (Lipinski definition) is 4. The molecule has 1 aromatic carbocycles. The fourth-order valence-electron chi connectivity index (χ4n) is 3.19. The van der Waals surface area contributed by atoms with Crippen molar-refractivity contribution in [3.63, 3.8) is 0 Å². The van der Waals surface area contributed by atoms with Crippen molar-refractivity contribution in [3.8, 4) is 11.5 Å². The highest BCUT2D eigenvalue weighted by Gasteiger charge is 2.38. The summed E-state index contributed by atoms with van der Waals surface area (Å²) < 4.78 is 5.70. The molecule has 2 N–H and O–H groups in total. The van der Waals surface area contributed by atoms with E-state index in [0.29, 0.717) is 18.7 Å². The second-order valence-electron chi connectivity index (χ2n) is 5.49. The third kappa shape index (κ3) is 2.45. The van der Waals surface area contributed by atoms with Crippen LogP contribution in [0.2, 0.25) is 0 Å². The maximum absolute atomic E-state index is 12.4. The van der Waals surface area contributed by atoms with Crippen molar-refractivity contribution in [2.24, 2.45) is 0 Å². The molecule has 5 nitrogen and oxygen atoms in total. The quantitative estimate of drug-likeness (QED) is 0.802. The Hall–Kier alpha value is -1.75. The Bertz CT molecular complexity index is 517. The van der Waals surface area contributed by atoms with Crippen LogP contribution < -0.4 is 0 Å². The molecule has 0 spiro atoms. The topological polar surface area (TPSA) is 70.0 Å². The highest BCUT2D eigenvalue weighted by molar-refractivity contribution is 5.79. The van der Waals surface area contributed by atoms with Crippen molar-refractivity contribution in [2.45, 2.75) is 37.8 Å². The molecular weight excluding hydrogens is 258 g/mol. The van der Waals surface area contributed by atoms with Crippen LogP contribution >= 0.6 is 0 Å². The first kappa shape index (κ1) is 13.2. The number of benzene rings is 1. The molecule has 0 radical (unpaired) electrons.